The Labute approximate surface area is 206 Å². The fourth-order valence-electron chi connectivity index (χ4n) is 5.92. The zero-order valence-electron chi connectivity index (χ0n) is 19.7. The quantitative estimate of drug-likeness (QED) is 0.546. The largest absolute Gasteiger partial charge is 0.573 e. The lowest BCUT2D eigenvalue weighted by Crippen LogP contribution is -2.81. The molecule has 1 aromatic carbocycles. The van der Waals surface area contributed by atoms with Crippen LogP contribution in [0.25, 0.3) is 0 Å². The summed E-state index contributed by atoms with van der Waals surface area (Å²) in [5.74, 6) is -0.780. The number of halogens is 3. The van der Waals surface area contributed by atoms with Gasteiger partial charge in [-0.25, -0.2) is 0 Å². The van der Waals surface area contributed by atoms with Crippen molar-refractivity contribution in [3.8, 4) is 5.75 Å². The Morgan fingerprint density at radius 2 is 1.81 bits per heavy atom. The molecule has 4 aliphatic heterocycles. The van der Waals surface area contributed by atoms with Crippen molar-refractivity contribution in [3.05, 3.63) is 29.8 Å². The molecule has 1 spiro atoms. The second-order valence-corrected chi connectivity index (χ2v) is 10.1. The minimum absolute atomic E-state index is 0.0977. The molecule has 0 radical (unpaired) electrons. The van der Waals surface area contributed by atoms with Crippen molar-refractivity contribution in [2.75, 3.05) is 39.3 Å². The summed E-state index contributed by atoms with van der Waals surface area (Å²) < 4.78 is 41.1. The summed E-state index contributed by atoms with van der Waals surface area (Å²) >= 11 is 0. The molecule has 0 saturated carbocycles. The van der Waals surface area contributed by atoms with Gasteiger partial charge < -0.3 is 14.7 Å². The molecule has 5 rings (SSSR count). The smallest absolute Gasteiger partial charge is 0.406 e. The van der Waals surface area contributed by atoms with Crippen molar-refractivity contribution in [2.45, 2.75) is 56.3 Å². The summed E-state index contributed by atoms with van der Waals surface area (Å²) in [5, 5.41) is 10.3. The Kier molecular flexibility index (Phi) is 6.46. The van der Waals surface area contributed by atoms with E-state index in [4.69, 9.17) is 0 Å². The first-order chi connectivity index (χ1) is 17.1. The standard InChI is InChI=1S/C24H29F3N4O5/c25-24(26,27)36-18-6-4-16(5-7-18)12-28-14-23(15-28)22(35)30(10-2-9-29-8-1-3-20(29)33)21(34)19-11-17(32)13-31(19)23/h4-7,17,19,32H,1-3,8-15H2. The van der Waals surface area contributed by atoms with Crippen molar-refractivity contribution in [2.24, 2.45) is 0 Å². The van der Waals surface area contributed by atoms with Crippen LogP contribution in [0.5, 0.6) is 5.75 Å². The van der Waals surface area contributed by atoms with Gasteiger partial charge in [0.25, 0.3) is 5.91 Å². The molecule has 3 amide bonds. The van der Waals surface area contributed by atoms with Gasteiger partial charge in [0.15, 0.2) is 0 Å². The van der Waals surface area contributed by atoms with E-state index in [1.807, 2.05) is 9.80 Å². The first-order valence-electron chi connectivity index (χ1n) is 12.2. The van der Waals surface area contributed by atoms with Crippen molar-refractivity contribution in [1.82, 2.24) is 19.6 Å². The van der Waals surface area contributed by atoms with E-state index in [1.165, 1.54) is 17.0 Å². The van der Waals surface area contributed by atoms with Crippen LogP contribution in [0.1, 0.15) is 31.2 Å². The monoisotopic (exact) mass is 510 g/mol. The SMILES string of the molecule is O=C1CCCN1CCCN1C(=O)C2CC(O)CN2C2(CN(Cc3ccc(OC(F)(F)F)cc3)C2)C1=O. The Bertz CT molecular complexity index is 1030. The molecule has 4 saturated heterocycles. The number of carbonyl (C=O) groups is 3. The second-order valence-electron chi connectivity index (χ2n) is 10.1. The molecule has 0 aromatic heterocycles. The molecule has 196 valence electrons. The molecule has 2 unspecified atom stereocenters. The van der Waals surface area contributed by atoms with E-state index in [0.29, 0.717) is 45.6 Å². The third-order valence-corrected chi connectivity index (χ3v) is 7.54. The molecule has 12 heteroatoms. The molecule has 0 bridgehead atoms. The number of amides is 3. The number of hydrogen-bond donors (Lipinski definition) is 1. The topological polar surface area (TPSA) is 93.6 Å². The van der Waals surface area contributed by atoms with Crippen LogP contribution in [0.4, 0.5) is 13.2 Å². The minimum Gasteiger partial charge on any atom is -0.406 e. The number of piperazine rings is 1. The van der Waals surface area contributed by atoms with Crippen LogP contribution in [0, 0.1) is 0 Å². The van der Waals surface area contributed by atoms with Gasteiger partial charge in [-0.05, 0) is 37.0 Å². The summed E-state index contributed by atoms with van der Waals surface area (Å²) in [6, 6.07) is 5.04. The predicted molar refractivity (Wildman–Crippen MR) is 119 cm³/mol. The highest BCUT2D eigenvalue weighted by atomic mass is 19.4. The molecule has 4 heterocycles. The van der Waals surface area contributed by atoms with Gasteiger partial charge >= 0.3 is 6.36 Å². The predicted octanol–water partition coefficient (Wildman–Crippen LogP) is 0.956. The number of aliphatic hydroxyl groups excluding tert-OH is 1. The third-order valence-electron chi connectivity index (χ3n) is 7.54. The third kappa shape index (κ3) is 4.69. The first-order valence-corrected chi connectivity index (χ1v) is 12.2. The maximum atomic E-state index is 13.6. The number of aliphatic hydroxyl groups is 1. The second kappa shape index (κ2) is 9.31. The fraction of sp³-hybridized carbons (Fsp3) is 0.625. The summed E-state index contributed by atoms with van der Waals surface area (Å²) in [4.78, 5) is 45.5. The molecule has 1 N–H and O–H groups in total. The summed E-state index contributed by atoms with van der Waals surface area (Å²) in [7, 11) is 0. The average molecular weight is 511 g/mol. The van der Waals surface area contributed by atoms with Gasteiger partial charge in [0, 0.05) is 52.2 Å². The van der Waals surface area contributed by atoms with Gasteiger partial charge in [0.2, 0.25) is 11.8 Å². The van der Waals surface area contributed by atoms with Crippen molar-refractivity contribution in [3.63, 3.8) is 0 Å². The highest BCUT2D eigenvalue weighted by Crippen LogP contribution is 2.41. The van der Waals surface area contributed by atoms with E-state index in [9.17, 15) is 32.7 Å². The zero-order chi connectivity index (χ0) is 25.7. The van der Waals surface area contributed by atoms with E-state index in [1.54, 1.807) is 17.0 Å². The Morgan fingerprint density at radius 1 is 1.08 bits per heavy atom. The zero-order valence-corrected chi connectivity index (χ0v) is 19.7. The number of imide groups is 1. The molecule has 4 aliphatic rings. The number of β-amino-alcohol motifs (C(OH)–C–C–N with tert-alkyl or cyclic N) is 1. The summed E-state index contributed by atoms with van der Waals surface area (Å²) in [6.07, 6.45) is -3.31. The summed E-state index contributed by atoms with van der Waals surface area (Å²) in [6.45, 7) is 2.80. The van der Waals surface area contributed by atoms with Crippen LogP contribution in [-0.2, 0) is 20.9 Å². The summed E-state index contributed by atoms with van der Waals surface area (Å²) in [5.41, 5.74) is -0.150. The Balaban J connectivity index is 1.24. The van der Waals surface area contributed by atoms with Gasteiger partial charge in [0.1, 0.15) is 11.3 Å². The molecular weight excluding hydrogens is 481 g/mol. The lowest BCUT2D eigenvalue weighted by atomic mass is 9.82. The maximum Gasteiger partial charge on any atom is 0.573 e. The number of rotatable bonds is 7. The highest BCUT2D eigenvalue weighted by Gasteiger charge is 2.64. The number of likely N-dealkylation sites (tertiary alicyclic amines) is 2. The number of nitrogens with zero attached hydrogens (tertiary/aromatic N) is 4. The highest BCUT2D eigenvalue weighted by molar-refractivity contribution is 6.06. The Morgan fingerprint density at radius 3 is 2.44 bits per heavy atom. The van der Waals surface area contributed by atoms with Crippen molar-refractivity contribution in [1.29, 1.82) is 0 Å². The van der Waals surface area contributed by atoms with Crippen LogP contribution < -0.4 is 4.74 Å². The number of fused-ring (bicyclic) bond motifs is 2. The molecule has 2 atom stereocenters. The molecule has 4 fully saturated rings. The van der Waals surface area contributed by atoms with E-state index in [-0.39, 0.29) is 43.0 Å². The molecule has 1 aromatic rings. The van der Waals surface area contributed by atoms with Crippen LogP contribution in [0.3, 0.4) is 0 Å². The van der Waals surface area contributed by atoms with E-state index >= 15 is 0 Å². The van der Waals surface area contributed by atoms with E-state index in [0.717, 1.165) is 12.0 Å². The average Bonchev–Trinajstić information content (AvgIpc) is 3.37. The van der Waals surface area contributed by atoms with Crippen LogP contribution >= 0.6 is 0 Å². The fourth-order valence-corrected chi connectivity index (χ4v) is 5.92. The van der Waals surface area contributed by atoms with Gasteiger partial charge in [-0.2, -0.15) is 0 Å². The molecule has 36 heavy (non-hydrogen) atoms. The van der Waals surface area contributed by atoms with Gasteiger partial charge in [-0.1, -0.05) is 12.1 Å². The normalized spacial score (nSPS) is 26.6. The Hall–Kier alpha value is -2.70. The molecular formula is C24H29F3N4O5. The van der Waals surface area contributed by atoms with Gasteiger partial charge in [-0.15, -0.1) is 13.2 Å². The molecule has 0 aliphatic carbocycles. The number of hydrogen-bond acceptors (Lipinski definition) is 7. The first kappa shape index (κ1) is 25.0. The van der Waals surface area contributed by atoms with Crippen LogP contribution in [0.2, 0.25) is 0 Å². The number of carbonyl (C=O) groups excluding carboxylic acids is 3. The number of alkyl halides is 3. The van der Waals surface area contributed by atoms with Crippen LogP contribution in [-0.4, -0.2) is 106 Å². The maximum absolute atomic E-state index is 13.6. The lowest BCUT2D eigenvalue weighted by molar-refractivity contribution is -0.274. The van der Waals surface area contributed by atoms with Crippen molar-refractivity contribution < 1.29 is 37.4 Å². The van der Waals surface area contributed by atoms with Crippen molar-refractivity contribution >= 4 is 17.7 Å². The number of ether oxygens (including phenoxy) is 1. The van der Waals surface area contributed by atoms with Gasteiger partial charge in [-0.3, -0.25) is 29.1 Å². The molecule has 9 nitrogen and oxygen atoms in total. The van der Waals surface area contributed by atoms with Crippen LogP contribution in [0.15, 0.2) is 24.3 Å². The minimum atomic E-state index is -4.75. The number of benzene rings is 1. The van der Waals surface area contributed by atoms with Gasteiger partial charge in [0.05, 0.1) is 12.1 Å². The van der Waals surface area contributed by atoms with E-state index in [2.05, 4.69) is 4.74 Å². The lowest BCUT2D eigenvalue weighted by Gasteiger charge is -2.58. The van der Waals surface area contributed by atoms with E-state index < -0.39 is 24.0 Å².